The number of fused-ring (bicyclic) bond motifs is 1. The molecule has 1 saturated heterocycles. The molecule has 14 nitrogen and oxygen atoms in total. The second-order valence-corrected chi connectivity index (χ2v) is 19.2. The Bertz CT molecular complexity index is 2430. The number of pyridine rings is 1. The number of ether oxygens (including phenoxy) is 3. The summed E-state index contributed by atoms with van der Waals surface area (Å²) in [4.78, 5) is 62.3. The lowest BCUT2D eigenvalue weighted by molar-refractivity contribution is -0.143. The van der Waals surface area contributed by atoms with Crippen LogP contribution in [-0.2, 0) is 29.1 Å². The van der Waals surface area contributed by atoms with E-state index in [9.17, 15) is 27.6 Å². The molecule has 6 rings (SSSR count). The minimum Gasteiger partial charge on any atom is -0.497 e. The van der Waals surface area contributed by atoms with E-state index in [2.05, 4.69) is 21.9 Å². The van der Waals surface area contributed by atoms with Gasteiger partial charge >= 0.3 is 6.09 Å². The normalized spacial score (nSPS) is 20.7. The fourth-order valence-corrected chi connectivity index (χ4v) is 8.53. The molecule has 2 heterocycles. The van der Waals surface area contributed by atoms with Gasteiger partial charge in [-0.2, -0.15) is 0 Å². The lowest BCUT2D eigenvalue weighted by Crippen LogP contribution is -2.60. The van der Waals surface area contributed by atoms with Crippen molar-refractivity contribution in [2.45, 2.75) is 88.6 Å². The monoisotopic (exact) mass is 859 g/mol. The zero-order valence-corrected chi connectivity index (χ0v) is 36.1. The molecule has 16 heteroatoms. The number of likely N-dealkylation sites (tertiary alicyclic amines) is 1. The van der Waals surface area contributed by atoms with E-state index in [1.165, 1.54) is 35.2 Å². The number of nitrogens with zero attached hydrogens (tertiary/aromatic N) is 2. The largest absolute Gasteiger partial charge is 0.497 e. The second-order valence-electron chi connectivity index (χ2n) is 17.1. The molecule has 4 amide bonds. The highest BCUT2D eigenvalue weighted by atomic mass is 35.5. The minimum atomic E-state index is -4.40. The lowest BCUT2D eigenvalue weighted by Gasteiger charge is -2.36. The standard InChI is InChI=1S/C44H50ClN5O9S/c1-9-27-24-44(27,40(53)49-60(55,56)31-17-13-16-28(45)20-31)48-38(51)35-22-30(25-50(35)39(52)37(42(2,3)4)47-41(54)59-43(5,6)7)58-36-23-33(26-14-11-10-12-15-26)46-34-21-29(57-8)18-19-32(34)36/h9-21,23,27,30,35,37H,1,22,24-25H2,2-8H3,(H,47,54)(H,48,51)(H,49,53)/t27-,30-,35+,37-,44-/m1/s1. The van der Waals surface area contributed by atoms with Crippen molar-refractivity contribution in [2.24, 2.45) is 11.3 Å². The summed E-state index contributed by atoms with van der Waals surface area (Å²) in [6, 6.07) is 19.7. The van der Waals surface area contributed by atoms with Gasteiger partial charge < -0.3 is 29.7 Å². The molecule has 60 heavy (non-hydrogen) atoms. The number of hydrogen-bond donors (Lipinski definition) is 3. The summed E-state index contributed by atoms with van der Waals surface area (Å²) in [7, 11) is -2.84. The quantitative estimate of drug-likeness (QED) is 0.135. The molecule has 3 aromatic carbocycles. The van der Waals surface area contributed by atoms with E-state index in [4.69, 9.17) is 30.8 Å². The summed E-state index contributed by atoms with van der Waals surface area (Å²) in [6.45, 7) is 14.1. The number of aromatic nitrogens is 1. The van der Waals surface area contributed by atoms with Crippen molar-refractivity contribution in [1.82, 2.24) is 25.2 Å². The molecule has 2 aliphatic rings. The van der Waals surface area contributed by atoms with E-state index in [1.54, 1.807) is 66.9 Å². The Hall–Kier alpha value is -5.67. The molecule has 3 N–H and O–H groups in total. The van der Waals surface area contributed by atoms with E-state index in [0.29, 0.717) is 28.1 Å². The third-order valence-corrected chi connectivity index (χ3v) is 11.9. The number of hydrogen-bond acceptors (Lipinski definition) is 10. The molecule has 0 spiro atoms. The van der Waals surface area contributed by atoms with E-state index in [-0.39, 0.29) is 29.3 Å². The van der Waals surface area contributed by atoms with Crippen molar-refractivity contribution in [3.8, 4) is 22.8 Å². The third kappa shape index (κ3) is 9.68. The number of alkyl carbamates (subject to hydrolysis) is 1. The first-order chi connectivity index (χ1) is 28.1. The van der Waals surface area contributed by atoms with Gasteiger partial charge in [-0.05, 0) is 62.9 Å². The number of rotatable bonds is 12. The number of halogens is 1. The number of nitrogens with one attached hydrogen (secondary N) is 3. The second kappa shape index (κ2) is 16.8. The highest BCUT2D eigenvalue weighted by Crippen LogP contribution is 2.45. The van der Waals surface area contributed by atoms with Crippen molar-refractivity contribution in [1.29, 1.82) is 0 Å². The summed E-state index contributed by atoms with van der Waals surface area (Å²) >= 11 is 6.03. The van der Waals surface area contributed by atoms with Crippen molar-refractivity contribution in [3.63, 3.8) is 0 Å². The molecular formula is C44H50ClN5O9S. The van der Waals surface area contributed by atoms with Crippen molar-refractivity contribution >= 4 is 56.3 Å². The van der Waals surface area contributed by atoms with Crippen LogP contribution >= 0.6 is 11.6 Å². The number of sulfonamides is 1. The van der Waals surface area contributed by atoms with Gasteiger partial charge in [-0.1, -0.05) is 74.8 Å². The van der Waals surface area contributed by atoms with Gasteiger partial charge in [0.05, 0.1) is 29.8 Å². The highest BCUT2D eigenvalue weighted by molar-refractivity contribution is 7.90. The van der Waals surface area contributed by atoms with Gasteiger partial charge in [-0.3, -0.25) is 14.4 Å². The summed E-state index contributed by atoms with van der Waals surface area (Å²) in [5.74, 6) is -1.89. The van der Waals surface area contributed by atoms with Crippen LogP contribution in [-0.4, -0.2) is 85.1 Å². The fourth-order valence-electron chi connectivity index (χ4n) is 7.20. The Morgan fingerprint density at radius 3 is 2.32 bits per heavy atom. The number of amides is 4. The van der Waals surface area contributed by atoms with Gasteiger partial charge in [-0.25, -0.2) is 22.9 Å². The van der Waals surface area contributed by atoms with Gasteiger partial charge in [0.1, 0.15) is 40.8 Å². The lowest BCUT2D eigenvalue weighted by atomic mass is 9.85. The molecule has 318 valence electrons. The van der Waals surface area contributed by atoms with Crippen LogP contribution in [0.4, 0.5) is 4.79 Å². The molecule has 1 aliphatic heterocycles. The van der Waals surface area contributed by atoms with Crippen LogP contribution in [0.1, 0.15) is 54.4 Å². The summed E-state index contributed by atoms with van der Waals surface area (Å²) in [6.07, 6.45) is -0.105. The zero-order chi connectivity index (χ0) is 43.8. The van der Waals surface area contributed by atoms with Crippen LogP contribution in [0, 0.1) is 11.3 Å². The first-order valence-corrected chi connectivity index (χ1v) is 21.3. The van der Waals surface area contributed by atoms with Crippen LogP contribution in [0.15, 0.2) is 96.4 Å². The Labute approximate surface area is 355 Å². The maximum absolute atomic E-state index is 14.7. The average molecular weight is 860 g/mol. The van der Waals surface area contributed by atoms with E-state index < -0.39 is 74.5 Å². The summed E-state index contributed by atoms with van der Waals surface area (Å²) in [5, 5.41) is 6.31. The van der Waals surface area contributed by atoms with E-state index >= 15 is 0 Å². The number of benzene rings is 3. The van der Waals surface area contributed by atoms with Crippen LogP contribution in [0.5, 0.6) is 11.5 Å². The molecule has 0 unspecified atom stereocenters. The number of methoxy groups -OCH3 is 1. The van der Waals surface area contributed by atoms with Crippen molar-refractivity contribution in [3.05, 3.63) is 96.5 Å². The predicted molar refractivity (Wildman–Crippen MR) is 227 cm³/mol. The zero-order valence-electron chi connectivity index (χ0n) is 34.6. The summed E-state index contributed by atoms with van der Waals surface area (Å²) in [5.41, 5.74) is -1.38. The Morgan fingerprint density at radius 2 is 1.70 bits per heavy atom. The first-order valence-electron chi connectivity index (χ1n) is 19.4. The van der Waals surface area contributed by atoms with Crippen LogP contribution in [0.25, 0.3) is 22.2 Å². The maximum atomic E-state index is 14.7. The molecular weight excluding hydrogens is 810 g/mol. The molecule has 1 aliphatic carbocycles. The molecule has 5 atom stereocenters. The minimum absolute atomic E-state index is 0.0290. The van der Waals surface area contributed by atoms with E-state index in [1.807, 2.05) is 36.4 Å². The van der Waals surface area contributed by atoms with Crippen molar-refractivity contribution < 1.29 is 41.8 Å². The highest BCUT2D eigenvalue weighted by Gasteiger charge is 2.61. The van der Waals surface area contributed by atoms with Crippen LogP contribution in [0.2, 0.25) is 5.02 Å². The van der Waals surface area contributed by atoms with Gasteiger partial charge in [0.2, 0.25) is 11.8 Å². The smallest absolute Gasteiger partial charge is 0.408 e. The summed E-state index contributed by atoms with van der Waals surface area (Å²) < 4.78 is 46.4. The molecule has 2 fully saturated rings. The van der Waals surface area contributed by atoms with Gasteiger partial charge in [0.15, 0.2) is 0 Å². The van der Waals surface area contributed by atoms with E-state index in [0.717, 1.165) is 5.56 Å². The molecule has 1 saturated carbocycles. The van der Waals surface area contributed by atoms with Crippen molar-refractivity contribution in [2.75, 3.05) is 13.7 Å². The Kier molecular flexibility index (Phi) is 12.3. The molecule has 1 aromatic heterocycles. The van der Waals surface area contributed by atoms with Crippen LogP contribution < -0.4 is 24.8 Å². The third-order valence-electron chi connectivity index (χ3n) is 10.3. The maximum Gasteiger partial charge on any atom is 0.408 e. The SMILES string of the molecule is C=C[C@@H]1C[C@]1(NC(=O)[C@@H]1C[C@@H](Oc2cc(-c3ccccc3)nc3cc(OC)ccc23)CN1C(=O)[C@@H](NC(=O)OC(C)(C)C)C(C)(C)C)C(=O)NS(=O)(=O)c1cccc(Cl)c1. The fraction of sp³-hybridized carbons (Fsp3) is 0.386. The molecule has 0 bridgehead atoms. The molecule has 4 aromatic rings. The average Bonchev–Trinajstić information content (AvgIpc) is 3.74. The molecule has 0 radical (unpaired) electrons. The number of carbonyl (C=O) groups excluding carboxylic acids is 4. The topological polar surface area (TPSA) is 182 Å². The van der Waals surface area contributed by atoms with Crippen LogP contribution in [0.3, 0.4) is 0 Å². The first kappa shape index (κ1) is 43.9. The van der Waals surface area contributed by atoms with Gasteiger partial charge in [0, 0.05) is 40.4 Å². The number of carbonyl (C=O) groups is 4. The van der Waals surface area contributed by atoms with Gasteiger partial charge in [-0.15, -0.1) is 6.58 Å². The Morgan fingerprint density at radius 1 is 0.983 bits per heavy atom. The Balaban J connectivity index is 1.35. The van der Waals surface area contributed by atoms with Gasteiger partial charge in [0.25, 0.3) is 15.9 Å². The predicted octanol–water partition coefficient (Wildman–Crippen LogP) is 6.42.